The van der Waals surface area contributed by atoms with Crippen LogP contribution in [0.3, 0.4) is 0 Å². The first-order valence-electron chi connectivity index (χ1n) is 11.7. The molecule has 0 bridgehead atoms. The maximum atomic E-state index is 12.2. The summed E-state index contributed by atoms with van der Waals surface area (Å²) >= 11 is 0. The Bertz CT molecular complexity index is 1080. The van der Waals surface area contributed by atoms with Crippen molar-refractivity contribution in [3.8, 4) is 11.8 Å². The van der Waals surface area contributed by atoms with Crippen molar-refractivity contribution in [2.24, 2.45) is 0 Å². The van der Waals surface area contributed by atoms with Crippen LogP contribution in [0.2, 0.25) is 0 Å². The lowest BCUT2D eigenvalue weighted by atomic mass is 10.1. The predicted molar refractivity (Wildman–Crippen MR) is 127 cm³/mol. The van der Waals surface area contributed by atoms with Crippen molar-refractivity contribution in [2.45, 2.75) is 45.1 Å². The first-order chi connectivity index (χ1) is 16.7. The Kier molecular flexibility index (Phi) is 7.95. The summed E-state index contributed by atoms with van der Waals surface area (Å²) in [5.41, 5.74) is 3.18. The van der Waals surface area contributed by atoms with E-state index in [2.05, 4.69) is 27.5 Å². The van der Waals surface area contributed by atoms with Crippen LogP contribution in [0.1, 0.15) is 49.0 Å². The van der Waals surface area contributed by atoms with Gasteiger partial charge in [-0.2, -0.15) is 0 Å². The van der Waals surface area contributed by atoms with Gasteiger partial charge in [0.2, 0.25) is 11.8 Å². The molecule has 34 heavy (non-hydrogen) atoms. The molecule has 1 aliphatic rings. The van der Waals surface area contributed by atoms with Crippen LogP contribution < -0.4 is 14.8 Å². The second-order valence-electron chi connectivity index (χ2n) is 8.09. The molecule has 4 rings (SSSR count). The number of rotatable bonds is 11. The van der Waals surface area contributed by atoms with Gasteiger partial charge in [0.25, 0.3) is 0 Å². The number of nitrogens with zero attached hydrogens (tertiary/aromatic N) is 4. The molecule has 0 aromatic carbocycles. The minimum absolute atomic E-state index is 0.140. The third kappa shape index (κ3) is 6.03. The number of carbonyl (C=O) groups excluding carboxylic acids is 1. The zero-order valence-corrected chi connectivity index (χ0v) is 19.7. The van der Waals surface area contributed by atoms with Crippen LogP contribution in [0, 0.1) is 0 Å². The lowest BCUT2D eigenvalue weighted by Gasteiger charge is -2.17. The van der Waals surface area contributed by atoms with Crippen LogP contribution in [-0.2, 0) is 22.4 Å². The van der Waals surface area contributed by atoms with Crippen molar-refractivity contribution in [1.29, 1.82) is 0 Å². The van der Waals surface area contributed by atoms with Crippen LogP contribution in [0.25, 0.3) is 0 Å². The maximum absolute atomic E-state index is 12.2. The fourth-order valence-electron chi connectivity index (χ4n) is 3.96. The highest BCUT2D eigenvalue weighted by atomic mass is 16.5. The van der Waals surface area contributed by atoms with Gasteiger partial charge in [0.15, 0.2) is 0 Å². The van der Waals surface area contributed by atoms with E-state index in [1.165, 1.54) is 5.56 Å². The number of nitrogens with one attached hydrogen (secondary N) is 1. The molecule has 0 radical (unpaired) electrons. The molecule has 0 amide bonds. The molecule has 1 atom stereocenters. The van der Waals surface area contributed by atoms with Crippen molar-refractivity contribution in [1.82, 2.24) is 19.7 Å². The number of esters is 1. The average molecular weight is 466 g/mol. The monoisotopic (exact) mass is 465 g/mol. The number of anilines is 1. The summed E-state index contributed by atoms with van der Waals surface area (Å²) in [6.45, 7) is 3.63. The molecule has 0 saturated heterocycles. The molecule has 180 valence electrons. The summed E-state index contributed by atoms with van der Waals surface area (Å²) < 4.78 is 17.9. The fraction of sp³-hybridized carbons (Fsp3) is 0.440. The zero-order valence-electron chi connectivity index (χ0n) is 19.7. The Hall–Kier alpha value is -3.62. The van der Waals surface area contributed by atoms with Gasteiger partial charge in [-0.15, -0.1) is 5.10 Å². The van der Waals surface area contributed by atoms with Gasteiger partial charge in [-0.25, -0.2) is 9.97 Å². The highest BCUT2D eigenvalue weighted by Gasteiger charge is 2.21. The van der Waals surface area contributed by atoms with E-state index in [1.807, 2.05) is 6.07 Å². The van der Waals surface area contributed by atoms with E-state index in [4.69, 9.17) is 19.2 Å². The number of aromatic nitrogens is 4. The molecule has 0 spiro atoms. The summed E-state index contributed by atoms with van der Waals surface area (Å²) in [4.78, 5) is 21.2. The lowest BCUT2D eigenvalue weighted by Crippen LogP contribution is -2.18. The van der Waals surface area contributed by atoms with Gasteiger partial charge in [-0.05, 0) is 55.9 Å². The standard InChI is InChI=1S/C25H31N5O4/c1-3-33-24(31)16-21(19-9-11-22(32-2)27-17-19)30-14-12-23(29-30)34-15-5-7-20-10-8-18-6-4-13-26-25(18)28-20/h8-12,14,17,21H,3-7,13,15-16H2,1-2H3,(H,26,28). The van der Waals surface area contributed by atoms with Crippen molar-refractivity contribution in [3.63, 3.8) is 0 Å². The third-order valence-electron chi connectivity index (χ3n) is 5.70. The normalized spacial score (nSPS) is 13.5. The number of hydrogen-bond acceptors (Lipinski definition) is 8. The molecule has 1 N–H and O–H groups in total. The fourth-order valence-corrected chi connectivity index (χ4v) is 3.96. The number of aryl methyl sites for hydroxylation is 2. The summed E-state index contributed by atoms with van der Waals surface area (Å²) in [7, 11) is 1.56. The van der Waals surface area contributed by atoms with Gasteiger partial charge in [0.1, 0.15) is 5.82 Å². The molecule has 9 nitrogen and oxygen atoms in total. The molecule has 1 unspecified atom stereocenters. The first kappa shape index (κ1) is 23.5. The van der Waals surface area contributed by atoms with Crippen molar-refractivity contribution in [2.75, 3.05) is 32.2 Å². The topological polar surface area (TPSA) is 100 Å². The zero-order chi connectivity index (χ0) is 23.8. The van der Waals surface area contributed by atoms with Gasteiger partial charge in [0.05, 0.1) is 32.8 Å². The number of methoxy groups -OCH3 is 1. The van der Waals surface area contributed by atoms with E-state index in [9.17, 15) is 4.79 Å². The van der Waals surface area contributed by atoms with Crippen LogP contribution >= 0.6 is 0 Å². The Morgan fingerprint density at radius 1 is 1.21 bits per heavy atom. The number of ether oxygens (including phenoxy) is 3. The maximum Gasteiger partial charge on any atom is 0.308 e. The van der Waals surface area contributed by atoms with E-state index in [0.29, 0.717) is 25.0 Å². The number of pyridine rings is 2. The van der Waals surface area contributed by atoms with E-state index >= 15 is 0 Å². The highest BCUT2D eigenvalue weighted by Crippen LogP contribution is 2.25. The predicted octanol–water partition coefficient (Wildman–Crippen LogP) is 3.59. The van der Waals surface area contributed by atoms with Crippen LogP contribution in [0.4, 0.5) is 5.82 Å². The van der Waals surface area contributed by atoms with E-state index in [1.54, 1.807) is 43.2 Å². The Balaban J connectivity index is 1.35. The SMILES string of the molecule is CCOC(=O)CC(c1ccc(OC)nc1)n1ccc(OCCCc2ccc3c(n2)NCCC3)n1. The molecule has 0 saturated carbocycles. The molecule has 9 heteroatoms. The molecule has 0 fully saturated rings. The van der Waals surface area contributed by atoms with Crippen LogP contribution in [-0.4, -0.2) is 52.6 Å². The number of hydrogen-bond donors (Lipinski definition) is 1. The molecular formula is C25H31N5O4. The van der Waals surface area contributed by atoms with Gasteiger partial charge in [0, 0.05) is 36.8 Å². The van der Waals surface area contributed by atoms with Gasteiger partial charge >= 0.3 is 5.97 Å². The molecular weight excluding hydrogens is 434 g/mol. The first-order valence-corrected chi connectivity index (χ1v) is 11.7. The molecule has 3 aromatic rings. The van der Waals surface area contributed by atoms with Gasteiger partial charge < -0.3 is 19.5 Å². The number of carbonyl (C=O) groups is 1. The van der Waals surface area contributed by atoms with Crippen LogP contribution in [0.5, 0.6) is 11.8 Å². The minimum atomic E-state index is -0.359. The molecule has 1 aliphatic heterocycles. The highest BCUT2D eigenvalue weighted by molar-refractivity contribution is 5.70. The van der Waals surface area contributed by atoms with Crippen molar-refractivity contribution >= 4 is 11.8 Å². The molecule has 3 aromatic heterocycles. The largest absolute Gasteiger partial charge is 0.481 e. The summed E-state index contributed by atoms with van der Waals surface area (Å²) in [6.07, 6.45) is 7.54. The summed E-state index contributed by atoms with van der Waals surface area (Å²) in [6, 6.07) is 9.35. The quantitative estimate of drug-likeness (QED) is 0.339. The Morgan fingerprint density at radius 2 is 2.12 bits per heavy atom. The van der Waals surface area contributed by atoms with E-state index in [-0.39, 0.29) is 18.4 Å². The second kappa shape index (κ2) is 11.5. The van der Waals surface area contributed by atoms with E-state index < -0.39 is 0 Å². The number of fused-ring (bicyclic) bond motifs is 1. The Morgan fingerprint density at radius 3 is 2.91 bits per heavy atom. The minimum Gasteiger partial charge on any atom is -0.481 e. The van der Waals surface area contributed by atoms with Crippen molar-refractivity contribution in [3.05, 3.63) is 59.5 Å². The summed E-state index contributed by atoms with van der Waals surface area (Å²) in [5, 5.41) is 7.92. The second-order valence-corrected chi connectivity index (χ2v) is 8.09. The van der Waals surface area contributed by atoms with Crippen LogP contribution in [0.15, 0.2) is 42.7 Å². The van der Waals surface area contributed by atoms with Gasteiger partial charge in [-0.3, -0.25) is 9.48 Å². The van der Waals surface area contributed by atoms with Gasteiger partial charge in [-0.1, -0.05) is 6.07 Å². The summed E-state index contributed by atoms with van der Waals surface area (Å²) in [5.74, 6) is 1.74. The lowest BCUT2D eigenvalue weighted by molar-refractivity contribution is -0.143. The Labute approximate surface area is 199 Å². The molecule has 0 aliphatic carbocycles. The smallest absolute Gasteiger partial charge is 0.308 e. The average Bonchev–Trinajstić information content (AvgIpc) is 3.34. The van der Waals surface area contributed by atoms with E-state index in [0.717, 1.165) is 49.3 Å². The van der Waals surface area contributed by atoms with Crippen molar-refractivity contribution < 1.29 is 19.0 Å². The molecule has 4 heterocycles. The third-order valence-corrected chi connectivity index (χ3v) is 5.70.